The Kier molecular flexibility index (Phi) is 5.31. The van der Waals surface area contributed by atoms with Gasteiger partial charge in [0.1, 0.15) is 5.75 Å². The number of carbonyl (C=O) groups excluding carboxylic acids is 1. The Morgan fingerprint density at radius 3 is 2.62 bits per heavy atom. The van der Waals surface area contributed by atoms with Crippen LogP contribution < -0.4 is 4.74 Å². The van der Waals surface area contributed by atoms with Crippen molar-refractivity contribution in [3.63, 3.8) is 0 Å². The average Bonchev–Trinajstić information content (AvgIpc) is 3.09. The van der Waals surface area contributed by atoms with Gasteiger partial charge in [0.05, 0.1) is 6.54 Å². The van der Waals surface area contributed by atoms with E-state index in [2.05, 4.69) is 10.1 Å². The first-order chi connectivity index (χ1) is 12.5. The molecule has 6 nitrogen and oxygen atoms in total. The SMILES string of the molecule is Cc1ccc(OCC(=O)N(C)Cc2nc(-c3cccc(C)c3)no2)cc1. The second kappa shape index (κ2) is 7.82. The zero-order valence-electron chi connectivity index (χ0n) is 15.1. The van der Waals surface area contributed by atoms with Crippen LogP contribution in [-0.2, 0) is 11.3 Å². The van der Waals surface area contributed by atoms with E-state index in [-0.39, 0.29) is 19.1 Å². The van der Waals surface area contributed by atoms with Crippen molar-refractivity contribution in [1.82, 2.24) is 15.0 Å². The lowest BCUT2D eigenvalue weighted by molar-refractivity contribution is -0.132. The molecule has 0 saturated carbocycles. The highest BCUT2D eigenvalue weighted by molar-refractivity contribution is 5.77. The predicted molar refractivity (Wildman–Crippen MR) is 97.6 cm³/mol. The molecule has 0 radical (unpaired) electrons. The Balaban J connectivity index is 1.56. The fraction of sp³-hybridized carbons (Fsp3) is 0.250. The minimum Gasteiger partial charge on any atom is -0.484 e. The fourth-order valence-corrected chi connectivity index (χ4v) is 2.40. The summed E-state index contributed by atoms with van der Waals surface area (Å²) in [6.07, 6.45) is 0. The van der Waals surface area contributed by atoms with Gasteiger partial charge in [0.25, 0.3) is 5.91 Å². The first-order valence-electron chi connectivity index (χ1n) is 8.34. The van der Waals surface area contributed by atoms with Crippen LogP contribution in [0.3, 0.4) is 0 Å². The molecule has 0 N–H and O–H groups in total. The largest absolute Gasteiger partial charge is 0.484 e. The van der Waals surface area contributed by atoms with Gasteiger partial charge in [-0.2, -0.15) is 4.98 Å². The molecule has 2 aromatic carbocycles. The summed E-state index contributed by atoms with van der Waals surface area (Å²) >= 11 is 0. The molecular formula is C20H21N3O3. The van der Waals surface area contributed by atoms with Crippen LogP contribution in [0.1, 0.15) is 17.0 Å². The summed E-state index contributed by atoms with van der Waals surface area (Å²) in [5, 5.41) is 3.99. The van der Waals surface area contributed by atoms with E-state index in [0.29, 0.717) is 17.5 Å². The third-order valence-electron chi connectivity index (χ3n) is 3.93. The summed E-state index contributed by atoms with van der Waals surface area (Å²) in [5.74, 6) is 1.39. The molecule has 134 valence electrons. The van der Waals surface area contributed by atoms with Gasteiger partial charge in [0, 0.05) is 12.6 Å². The van der Waals surface area contributed by atoms with Crippen LogP contribution in [0.2, 0.25) is 0 Å². The summed E-state index contributed by atoms with van der Waals surface area (Å²) in [5.41, 5.74) is 3.15. The van der Waals surface area contributed by atoms with Gasteiger partial charge in [-0.25, -0.2) is 0 Å². The van der Waals surface area contributed by atoms with Crippen molar-refractivity contribution in [2.24, 2.45) is 0 Å². The van der Waals surface area contributed by atoms with Crippen molar-refractivity contribution in [3.8, 4) is 17.1 Å². The number of hydrogen-bond donors (Lipinski definition) is 0. The molecule has 0 spiro atoms. The molecule has 1 heterocycles. The van der Waals surface area contributed by atoms with Crippen LogP contribution in [0, 0.1) is 13.8 Å². The molecule has 0 aliphatic carbocycles. The van der Waals surface area contributed by atoms with E-state index in [9.17, 15) is 4.79 Å². The maximum absolute atomic E-state index is 12.2. The van der Waals surface area contributed by atoms with E-state index in [1.54, 1.807) is 7.05 Å². The topological polar surface area (TPSA) is 68.5 Å². The van der Waals surface area contributed by atoms with Crippen LogP contribution in [-0.4, -0.2) is 34.6 Å². The number of benzene rings is 2. The van der Waals surface area contributed by atoms with Crippen molar-refractivity contribution in [1.29, 1.82) is 0 Å². The molecule has 0 unspecified atom stereocenters. The summed E-state index contributed by atoms with van der Waals surface area (Å²) < 4.78 is 10.8. The number of nitrogens with zero attached hydrogens (tertiary/aromatic N) is 3. The minimum atomic E-state index is -0.166. The smallest absolute Gasteiger partial charge is 0.260 e. The molecule has 0 fully saturated rings. The lowest BCUT2D eigenvalue weighted by Crippen LogP contribution is -2.31. The number of ether oxygens (including phenoxy) is 1. The number of amides is 1. The molecule has 0 saturated heterocycles. The highest BCUT2D eigenvalue weighted by atomic mass is 16.5. The van der Waals surface area contributed by atoms with Gasteiger partial charge >= 0.3 is 0 Å². The second-order valence-corrected chi connectivity index (χ2v) is 6.23. The molecule has 3 rings (SSSR count). The molecular weight excluding hydrogens is 330 g/mol. The van der Waals surface area contributed by atoms with Crippen LogP contribution in [0.5, 0.6) is 5.75 Å². The van der Waals surface area contributed by atoms with E-state index in [0.717, 1.165) is 16.7 Å². The number of aryl methyl sites for hydroxylation is 2. The quantitative estimate of drug-likeness (QED) is 0.681. The Morgan fingerprint density at radius 2 is 1.88 bits per heavy atom. The summed E-state index contributed by atoms with van der Waals surface area (Å²) in [6, 6.07) is 15.4. The Hall–Kier alpha value is -3.15. The number of likely N-dealkylation sites (N-methyl/N-ethyl adjacent to an activating group) is 1. The van der Waals surface area contributed by atoms with Crippen LogP contribution >= 0.6 is 0 Å². The van der Waals surface area contributed by atoms with Crippen molar-refractivity contribution in [3.05, 3.63) is 65.5 Å². The standard InChI is InChI=1S/C20H21N3O3/c1-14-7-9-17(10-8-14)25-13-19(24)23(3)12-18-21-20(22-26-18)16-6-4-5-15(2)11-16/h4-11H,12-13H2,1-3H3. The Bertz CT molecular complexity index is 887. The fourth-order valence-electron chi connectivity index (χ4n) is 2.40. The zero-order chi connectivity index (χ0) is 18.5. The lowest BCUT2D eigenvalue weighted by atomic mass is 10.1. The maximum atomic E-state index is 12.2. The number of rotatable bonds is 6. The van der Waals surface area contributed by atoms with Crippen LogP contribution in [0.25, 0.3) is 11.4 Å². The molecule has 3 aromatic rings. The van der Waals surface area contributed by atoms with E-state index in [1.165, 1.54) is 4.90 Å². The van der Waals surface area contributed by atoms with Crippen molar-refractivity contribution in [2.75, 3.05) is 13.7 Å². The first kappa shape index (κ1) is 17.7. The van der Waals surface area contributed by atoms with Gasteiger partial charge in [-0.05, 0) is 32.0 Å². The van der Waals surface area contributed by atoms with Gasteiger partial charge in [0.2, 0.25) is 11.7 Å². The summed E-state index contributed by atoms with van der Waals surface area (Å²) in [6.45, 7) is 4.19. The molecule has 0 aliphatic heterocycles. The molecule has 0 bridgehead atoms. The number of carbonyl (C=O) groups is 1. The van der Waals surface area contributed by atoms with Crippen molar-refractivity contribution >= 4 is 5.91 Å². The van der Waals surface area contributed by atoms with Gasteiger partial charge < -0.3 is 14.2 Å². The lowest BCUT2D eigenvalue weighted by Gasteiger charge is -2.15. The summed E-state index contributed by atoms with van der Waals surface area (Å²) in [7, 11) is 1.68. The van der Waals surface area contributed by atoms with Crippen LogP contribution in [0.4, 0.5) is 0 Å². The Morgan fingerprint density at radius 1 is 1.12 bits per heavy atom. The van der Waals surface area contributed by atoms with Gasteiger partial charge in [-0.15, -0.1) is 0 Å². The van der Waals surface area contributed by atoms with Crippen molar-refractivity contribution < 1.29 is 14.1 Å². The molecule has 26 heavy (non-hydrogen) atoms. The number of aromatic nitrogens is 2. The second-order valence-electron chi connectivity index (χ2n) is 6.23. The Labute approximate surface area is 152 Å². The molecule has 6 heteroatoms. The van der Waals surface area contributed by atoms with Gasteiger partial charge in [-0.3, -0.25) is 4.79 Å². The normalized spacial score (nSPS) is 10.6. The first-order valence-corrected chi connectivity index (χ1v) is 8.34. The van der Waals surface area contributed by atoms with E-state index >= 15 is 0 Å². The molecule has 1 aromatic heterocycles. The van der Waals surface area contributed by atoms with Gasteiger partial charge in [-0.1, -0.05) is 46.6 Å². The summed E-state index contributed by atoms with van der Waals surface area (Å²) in [4.78, 5) is 18.1. The minimum absolute atomic E-state index is 0.0432. The van der Waals surface area contributed by atoms with E-state index < -0.39 is 0 Å². The third-order valence-corrected chi connectivity index (χ3v) is 3.93. The average molecular weight is 351 g/mol. The van der Waals surface area contributed by atoms with E-state index in [4.69, 9.17) is 9.26 Å². The van der Waals surface area contributed by atoms with E-state index in [1.807, 2.05) is 62.4 Å². The van der Waals surface area contributed by atoms with Gasteiger partial charge in [0.15, 0.2) is 6.61 Å². The highest BCUT2D eigenvalue weighted by Gasteiger charge is 2.15. The predicted octanol–water partition coefficient (Wildman–Crippen LogP) is 3.39. The van der Waals surface area contributed by atoms with Crippen LogP contribution in [0.15, 0.2) is 53.1 Å². The monoisotopic (exact) mass is 351 g/mol. The third kappa shape index (κ3) is 4.47. The zero-order valence-corrected chi connectivity index (χ0v) is 15.1. The number of hydrogen-bond acceptors (Lipinski definition) is 5. The molecule has 1 amide bonds. The molecule has 0 atom stereocenters. The maximum Gasteiger partial charge on any atom is 0.260 e. The molecule has 0 aliphatic rings. The van der Waals surface area contributed by atoms with Crippen molar-refractivity contribution in [2.45, 2.75) is 20.4 Å². The highest BCUT2D eigenvalue weighted by Crippen LogP contribution is 2.17.